The van der Waals surface area contributed by atoms with E-state index in [1.807, 2.05) is 36.9 Å². The molecule has 25 heavy (non-hydrogen) atoms. The highest BCUT2D eigenvalue weighted by Crippen LogP contribution is 2.23. The van der Waals surface area contributed by atoms with E-state index < -0.39 is 0 Å². The van der Waals surface area contributed by atoms with Crippen molar-refractivity contribution in [3.05, 3.63) is 35.4 Å². The Balaban J connectivity index is 1.51. The zero-order valence-corrected chi connectivity index (χ0v) is 15.1. The first-order valence-electron chi connectivity index (χ1n) is 9.21. The number of hydrogen-bond donors (Lipinski definition) is 0. The van der Waals surface area contributed by atoms with Gasteiger partial charge in [-0.1, -0.05) is 12.1 Å². The van der Waals surface area contributed by atoms with Crippen LogP contribution in [0.15, 0.2) is 24.3 Å². The third-order valence-corrected chi connectivity index (χ3v) is 5.13. The van der Waals surface area contributed by atoms with Crippen LogP contribution in [0.3, 0.4) is 0 Å². The van der Waals surface area contributed by atoms with Gasteiger partial charge in [-0.25, -0.2) is 0 Å². The molecule has 2 aliphatic heterocycles. The summed E-state index contributed by atoms with van der Waals surface area (Å²) in [7, 11) is 0. The molecule has 0 spiro atoms. The quantitative estimate of drug-likeness (QED) is 0.847. The number of amides is 1. The van der Waals surface area contributed by atoms with Crippen LogP contribution in [0.2, 0.25) is 0 Å². The Labute approximate surface area is 150 Å². The van der Waals surface area contributed by atoms with Gasteiger partial charge in [0.15, 0.2) is 0 Å². The lowest BCUT2D eigenvalue weighted by atomic mass is 9.94. The average Bonchev–Trinajstić information content (AvgIpc) is 2.61. The standard InChI is InChI=1S/C20H27N3O2/c1-15-12-23(13-16(2)25-15)20(24)19-6-8-22(9-7-19)14-18-5-3-4-17(10-18)11-21/h3-5,10,15-16,19H,6-9,12-14H2,1-2H3. The summed E-state index contributed by atoms with van der Waals surface area (Å²) in [5.41, 5.74) is 1.87. The minimum atomic E-state index is 0.125. The van der Waals surface area contributed by atoms with Crippen LogP contribution in [0.5, 0.6) is 0 Å². The molecule has 2 atom stereocenters. The highest BCUT2D eigenvalue weighted by atomic mass is 16.5. The zero-order valence-electron chi connectivity index (χ0n) is 15.1. The van der Waals surface area contributed by atoms with Crippen LogP contribution in [0.1, 0.15) is 37.8 Å². The lowest BCUT2D eigenvalue weighted by molar-refractivity contribution is -0.148. The number of ether oxygens (including phenoxy) is 1. The fourth-order valence-electron chi connectivity index (χ4n) is 3.95. The first kappa shape index (κ1) is 17.9. The number of rotatable bonds is 3. The van der Waals surface area contributed by atoms with Gasteiger partial charge >= 0.3 is 0 Å². The predicted octanol–water partition coefficient (Wildman–Crippen LogP) is 2.41. The monoisotopic (exact) mass is 341 g/mol. The first-order chi connectivity index (χ1) is 12.0. The summed E-state index contributed by atoms with van der Waals surface area (Å²) < 4.78 is 5.73. The maximum Gasteiger partial charge on any atom is 0.225 e. The summed E-state index contributed by atoms with van der Waals surface area (Å²) in [6.45, 7) is 8.21. The molecule has 0 aromatic heterocycles. The molecule has 5 heteroatoms. The molecule has 0 saturated carbocycles. The molecule has 2 unspecified atom stereocenters. The largest absolute Gasteiger partial charge is 0.372 e. The average molecular weight is 341 g/mol. The van der Waals surface area contributed by atoms with E-state index >= 15 is 0 Å². The Morgan fingerprint density at radius 1 is 1.24 bits per heavy atom. The van der Waals surface area contributed by atoms with E-state index in [1.54, 1.807) is 0 Å². The topological polar surface area (TPSA) is 56.6 Å². The molecule has 1 aromatic rings. The smallest absolute Gasteiger partial charge is 0.225 e. The molecule has 0 aliphatic carbocycles. The van der Waals surface area contributed by atoms with Gasteiger partial charge < -0.3 is 9.64 Å². The van der Waals surface area contributed by atoms with Crippen molar-refractivity contribution < 1.29 is 9.53 Å². The van der Waals surface area contributed by atoms with Gasteiger partial charge in [0, 0.05) is 25.6 Å². The van der Waals surface area contributed by atoms with Crippen LogP contribution in [0.25, 0.3) is 0 Å². The van der Waals surface area contributed by atoms with Crippen LogP contribution >= 0.6 is 0 Å². The summed E-state index contributed by atoms with van der Waals surface area (Å²) in [5.74, 6) is 0.437. The second-order valence-corrected chi connectivity index (χ2v) is 7.36. The van der Waals surface area contributed by atoms with Crippen molar-refractivity contribution in [2.45, 2.75) is 45.4 Å². The molecule has 3 rings (SSSR count). The third-order valence-electron chi connectivity index (χ3n) is 5.13. The van der Waals surface area contributed by atoms with Gasteiger partial charge in [-0.2, -0.15) is 5.26 Å². The lowest BCUT2D eigenvalue weighted by Crippen LogP contribution is -2.51. The molecule has 1 aromatic carbocycles. The molecule has 2 saturated heterocycles. The number of likely N-dealkylation sites (tertiary alicyclic amines) is 1. The molecule has 134 valence electrons. The van der Waals surface area contributed by atoms with Gasteiger partial charge in [-0.3, -0.25) is 9.69 Å². The zero-order chi connectivity index (χ0) is 17.8. The van der Waals surface area contributed by atoms with E-state index in [4.69, 9.17) is 10.00 Å². The number of nitrogens with zero attached hydrogens (tertiary/aromatic N) is 3. The molecule has 2 fully saturated rings. The van der Waals surface area contributed by atoms with E-state index in [-0.39, 0.29) is 18.1 Å². The van der Waals surface area contributed by atoms with Gasteiger partial charge in [0.25, 0.3) is 0 Å². The number of morpholine rings is 1. The highest BCUT2D eigenvalue weighted by molar-refractivity contribution is 5.79. The van der Waals surface area contributed by atoms with E-state index in [2.05, 4.69) is 17.0 Å². The fraction of sp³-hybridized carbons (Fsp3) is 0.600. The number of carbonyl (C=O) groups is 1. The van der Waals surface area contributed by atoms with E-state index in [1.165, 1.54) is 5.56 Å². The van der Waals surface area contributed by atoms with E-state index in [9.17, 15) is 4.79 Å². The van der Waals surface area contributed by atoms with E-state index in [0.29, 0.717) is 24.6 Å². The lowest BCUT2D eigenvalue weighted by Gasteiger charge is -2.39. The fourth-order valence-corrected chi connectivity index (χ4v) is 3.95. The summed E-state index contributed by atoms with van der Waals surface area (Å²) in [6, 6.07) is 9.97. The third kappa shape index (κ3) is 4.59. The summed E-state index contributed by atoms with van der Waals surface area (Å²) in [6.07, 6.45) is 2.08. The first-order valence-corrected chi connectivity index (χ1v) is 9.21. The van der Waals surface area contributed by atoms with Gasteiger partial charge in [-0.05, 0) is 57.5 Å². The van der Waals surface area contributed by atoms with Gasteiger partial charge in [0.2, 0.25) is 5.91 Å². The summed E-state index contributed by atoms with van der Waals surface area (Å²) >= 11 is 0. The van der Waals surface area contributed by atoms with Crippen LogP contribution in [-0.4, -0.2) is 54.1 Å². The molecule has 0 bridgehead atoms. The molecule has 2 aliphatic rings. The molecule has 0 N–H and O–H groups in total. The number of hydrogen-bond acceptors (Lipinski definition) is 4. The Hall–Kier alpha value is -1.90. The SMILES string of the molecule is CC1CN(C(=O)C2CCN(Cc3cccc(C#N)c3)CC2)CC(C)O1. The number of carbonyl (C=O) groups excluding carboxylic acids is 1. The Morgan fingerprint density at radius 2 is 1.92 bits per heavy atom. The normalized spacial score (nSPS) is 25.6. The van der Waals surface area contributed by atoms with Crippen LogP contribution < -0.4 is 0 Å². The molecular weight excluding hydrogens is 314 g/mol. The van der Waals surface area contributed by atoms with Crippen LogP contribution in [0.4, 0.5) is 0 Å². The van der Waals surface area contributed by atoms with Gasteiger partial charge in [0.05, 0.1) is 23.8 Å². The van der Waals surface area contributed by atoms with Crippen molar-refractivity contribution in [2.24, 2.45) is 5.92 Å². The Bertz CT molecular complexity index is 637. The van der Waals surface area contributed by atoms with Crippen LogP contribution in [-0.2, 0) is 16.1 Å². The van der Waals surface area contributed by atoms with Crippen molar-refractivity contribution in [3.8, 4) is 6.07 Å². The van der Waals surface area contributed by atoms with Gasteiger partial charge in [0.1, 0.15) is 0 Å². The molecule has 1 amide bonds. The number of benzene rings is 1. The number of nitriles is 1. The molecule has 2 heterocycles. The molecule has 5 nitrogen and oxygen atoms in total. The predicted molar refractivity (Wildman–Crippen MR) is 95.7 cm³/mol. The van der Waals surface area contributed by atoms with Crippen molar-refractivity contribution in [1.29, 1.82) is 5.26 Å². The molecule has 0 radical (unpaired) electrons. The summed E-state index contributed by atoms with van der Waals surface area (Å²) in [5, 5.41) is 9.01. The second-order valence-electron chi connectivity index (χ2n) is 7.36. The molecular formula is C20H27N3O2. The maximum absolute atomic E-state index is 12.8. The number of piperidine rings is 1. The maximum atomic E-state index is 12.8. The summed E-state index contributed by atoms with van der Waals surface area (Å²) in [4.78, 5) is 17.2. The second kappa shape index (κ2) is 7.99. The van der Waals surface area contributed by atoms with Crippen molar-refractivity contribution in [1.82, 2.24) is 9.80 Å². The minimum absolute atomic E-state index is 0.125. The minimum Gasteiger partial charge on any atom is -0.372 e. The van der Waals surface area contributed by atoms with Crippen molar-refractivity contribution >= 4 is 5.91 Å². The van der Waals surface area contributed by atoms with Crippen LogP contribution in [0, 0.1) is 17.2 Å². The Kier molecular flexibility index (Phi) is 5.72. The van der Waals surface area contributed by atoms with Gasteiger partial charge in [-0.15, -0.1) is 0 Å². The van der Waals surface area contributed by atoms with Crippen molar-refractivity contribution in [2.75, 3.05) is 26.2 Å². The highest BCUT2D eigenvalue weighted by Gasteiger charge is 2.32. The van der Waals surface area contributed by atoms with E-state index in [0.717, 1.165) is 32.5 Å². The Morgan fingerprint density at radius 3 is 2.56 bits per heavy atom. The van der Waals surface area contributed by atoms with Crippen molar-refractivity contribution in [3.63, 3.8) is 0 Å².